The number of halogens is 2. The second-order valence-electron chi connectivity index (χ2n) is 1.78. The van der Waals surface area contributed by atoms with Gasteiger partial charge >= 0.3 is 0 Å². The average Bonchev–Trinajstić information content (AvgIpc) is 1.95. The molecule has 1 nitrogen and oxygen atoms in total. The van der Waals surface area contributed by atoms with Gasteiger partial charge in [0.05, 0.1) is 11.6 Å². The highest BCUT2D eigenvalue weighted by molar-refractivity contribution is 9.10. The number of rotatable bonds is 1. The quantitative estimate of drug-likeness (QED) is 0.684. The summed E-state index contributed by atoms with van der Waals surface area (Å²) < 4.78 is 17.8. The van der Waals surface area contributed by atoms with Crippen molar-refractivity contribution in [2.75, 3.05) is 7.11 Å². The zero-order valence-electron chi connectivity index (χ0n) is 5.40. The zero-order chi connectivity index (χ0) is 7.56. The third kappa shape index (κ3) is 1.48. The van der Waals surface area contributed by atoms with E-state index >= 15 is 0 Å². The Hall–Kier alpha value is -0.570. The molecule has 0 saturated heterocycles. The summed E-state index contributed by atoms with van der Waals surface area (Å²) in [6.07, 6.45) is 0. The van der Waals surface area contributed by atoms with Gasteiger partial charge in [-0.15, -0.1) is 0 Å². The van der Waals surface area contributed by atoms with Crippen molar-refractivity contribution in [2.45, 2.75) is 0 Å². The van der Waals surface area contributed by atoms with Crippen LogP contribution in [0.25, 0.3) is 0 Å². The Morgan fingerprint density at radius 1 is 1.50 bits per heavy atom. The number of benzene rings is 1. The van der Waals surface area contributed by atoms with Gasteiger partial charge in [0, 0.05) is 0 Å². The molecule has 1 aromatic carbocycles. The van der Waals surface area contributed by atoms with Gasteiger partial charge < -0.3 is 4.74 Å². The molecule has 0 aliphatic heterocycles. The lowest BCUT2D eigenvalue weighted by atomic mass is 10.3. The Bertz CT molecular complexity index is 237. The molecule has 10 heavy (non-hydrogen) atoms. The first-order valence-electron chi connectivity index (χ1n) is 2.73. The molecule has 0 unspecified atom stereocenters. The van der Waals surface area contributed by atoms with Crippen molar-refractivity contribution in [2.24, 2.45) is 0 Å². The summed E-state index contributed by atoms with van der Waals surface area (Å²) in [6.45, 7) is 0. The molecule has 0 atom stereocenters. The van der Waals surface area contributed by atoms with E-state index in [4.69, 9.17) is 4.74 Å². The molecular formula is C7H6BrFO. The normalized spacial score (nSPS) is 9.50. The predicted molar refractivity (Wildman–Crippen MR) is 40.7 cm³/mol. The number of ether oxygens (including phenoxy) is 1. The lowest BCUT2D eigenvalue weighted by Crippen LogP contribution is -1.83. The van der Waals surface area contributed by atoms with Crippen molar-refractivity contribution in [1.82, 2.24) is 0 Å². The molecule has 3 heteroatoms. The predicted octanol–water partition coefficient (Wildman–Crippen LogP) is 2.60. The van der Waals surface area contributed by atoms with Crippen LogP contribution in [0.2, 0.25) is 0 Å². The van der Waals surface area contributed by atoms with E-state index in [-0.39, 0.29) is 5.82 Å². The van der Waals surface area contributed by atoms with Crippen LogP contribution in [0.4, 0.5) is 4.39 Å². The van der Waals surface area contributed by atoms with Crippen LogP contribution in [0.5, 0.6) is 5.75 Å². The standard InChI is InChI=1S/C7H6BrFO/c1-10-5-2-3-7(9)6(8)4-5/h2-4H,1H3. The molecule has 0 aliphatic carbocycles. The van der Waals surface area contributed by atoms with Crippen LogP contribution in [0.3, 0.4) is 0 Å². The van der Waals surface area contributed by atoms with Gasteiger partial charge in [0.1, 0.15) is 11.6 Å². The number of hydrogen-bond acceptors (Lipinski definition) is 1. The Morgan fingerprint density at radius 2 is 2.20 bits per heavy atom. The molecule has 1 aromatic rings. The maximum absolute atomic E-state index is 12.5. The first-order valence-corrected chi connectivity index (χ1v) is 3.52. The molecule has 0 aliphatic rings. The summed E-state index contributed by atoms with van der Waals surface area (Å²) in [6, 6.07) is 4.50. The van der Waals surface area contributed by atoms with Crippen LogP contribution in [0, 0.1) is 5.82 Å². The van der Waals surface area contributed by atoms with E-state index in [0.717, 1.165) is 0 Å². The minimum Gasteiger partial charge on any atom is -0.497 e. The van der Waals surface area contributed by atoms with Gasteiger partial charge in [-0.1, -0.05) is 0 Å². The maximum Gasteiger partial charge on any atom is 0.137 e. The van der Waals surface area contributed by atoms with Gasteiger partial charge in [-0.2, -0.15) is 0 Å². The van der Waals surface area contributed by atoms with Gasteiger partial charge in [0.25, 0.3) is 0 Å². The first-order chi connectivity index (χ1) is 4.74. The lowest BCUT2D eigenvalue weighted by Gasteiger charge is -1.99. The second-order valence-corrected chi connectivity index (χ2v) is 2.63. The molecular weight excluding hydrogens is 199 g/mol. The lowest BCUT2D eigenvalue weighted by molar-refractivity contribution is 0.413. The van der Waals surface area contributed by atoms with Crippen molar-refractivity contribution in [3.63, 3.8) is 0 Å². The molecule has 0 bridgehead atoms. The summed E-state index contributed by atoms with van der Waals surface area (Å²) in [7, 11) is 1.54. The van der Waals surface area contributed by atoms with Crippen LogP contribution in [-0.2, 0) is 0 Å². The molecule has 0 spiro atoms. The fraction of sp³-hybridized carbons (Fsp3) is 0.143. The largest absolute Gasteiger partial charge is 0.497 e. The molecule has 0 amide bonds. The van der Waals surface area contributed by atoms with E-state index < -0.39 is 0 Å². The molecule has 0 saturated carbocycles. The van der Waals surface area contributed by atoms with Gasteiger partial charge in [-0.25, -0.2) is 4.39 Å². The summed E-state index contributed by atoms with van der Waals surface area (Å²) in [5, 5.41) is 0. The van der Waals surface area contributed by atoms with Gasteiger partial charge in [0.15, 0.2) is 0 Å². The molecule has 0 heterocycles. The number of hydrogen-bond donors (Lipinski definition) is 0. The van der Waals surface area contributed by atoms with Crippen LogP contribution in [0.1, 0.15) is 0 Å². The molecule has 54 valence electrons. The monoisotopic (exact) mass is 204 g/mol. The average molecular weight is 205 g/mol. The van der Waals surface area contributed by atoms with Crippen LogP contribution in [-0.4, -0.2) is 7.11 Å². The third-order valence-electron chi connectivity index (χ3n) is 1.13. The van der Waals surface area contributed by atoms with Gasteiger partial charge in [-0.3, -0.25) is 0 Å². The van der Waals surface area contributed by atoms with Gasteiger partial charge in [0.2, 0.25) is 0 Å². The summed E-state index contributed by atoms with van der Waals surface area (Å²) in [4.78, 5) is 0. The highest BCUT2D eigenvalue weighted by Crippen LogP contribution is 2.20. The van der Waals surface area contributed by atoms with E-state index in [9.17, 15) is 4.39 Å². The van der Waals surface area contributed by atoms with Crippen LogP contribution >= 0.6 is 15.9 Å². The Morgan fingerprint density at radius 3 is 2.70 bits per heavy atom. The zero-order valence-corrected chi connectivity index (χ0v) is 6.98. The number of methoxy groups -OCH3 is 1. The van der Waals surface area contributed by atoms with Crippen molar-refractivity contribution in [3.05, 3.63) is 28.5 Å². The minimum atomic E-state index is -0.277. The first kappa shape index (κ1) is 7.54. The van der Waals surface area contributed by atoms with E-state index in [2.05, 4.69) is 15.9 Å². The topological polar surface area (TPSA) is 9.23 Å². The molecule has 0 N–H and O–H groups in total. The van der Waals surface area contributed by atoms with E-state index in [1.807, 2.05) is 0 Å². The Labute approximate surface area is 66.9 Å². The highest BCUT2D eigenvalue weighted by atomic mass is 79.9. The third-order valence-corrected chi connectivity index (χ3v) is 1.73. The Kier molecular flexibility index (Phi) is 2.27. The second kappa shape index (κ2) is 3.01. The van der Waals surface area contributed by atoms with Crippen molar-refractivity contribution >= 4 is 15.9 Å². The summed E-state index contributed by atoms with van der Waals surface area (Å²) >= 11 is 3.03. The van der Waals surface area contributed by atoms with Crippen LogP contribution < -0.4 is 4.74 Å². The van der Waals surface area contributed by atoms with Crippen molar-refractivity contribution < 1.29 is 9.13 Å². The van der Waals surface area contributed by atoms with E-state index in [1.54, 1.807) is 19.2 Å². The fourth-order valence-corrected chi connectivity index (χ4v) is 0.962. The SMILES string of the molecule is COc1ccc(F)c(Br)c1. The molecule has 1 rings (SSSR count). The summed E-state index contributed by atoms with van der Waals surface area (Å²) in [5.74, 6) is 0.370. The van der Waals surface area contributed by atoms with E-state index in [1.165, 1.54) is 6.07 Å². The fourth-order valence-electron chi connectivity index (χ4n) is 0.604. The van der Waals surface area contributed by atoms with Crippen LogP contribution in [0.15, 0.2) is 22.7 Å². The minimum absolute atomic E-state index is 0.277. The van der Waals surface area contributed by atoms with E-state index in [0.29, 0.717) is 10.2 Å². The molecule has 0 aromatic heterocycles. The van der Waals surface area contributed by atoms with Crippen molar-refractivity contribution in [3.8, 4) is 5.75 Å². The summed E-state index contributed by atoms with van der Waals surface area (Å²) in [5.41, 5.74) is 0. The smallest absolute Gasteiger partial charge is 0.137 e. The maximum atomic E-state index is 12.5. The molecule has 0 radical (unpaired) electrons. The highest BCUT2D eigenvalue weighted by Gasteiger charge is 1.98. The Balaban J connectivity index is 3.04. The molecule has 0 fully saturated rings. The van der Waals surface area contributed by atoms with Crippen molar-refractivity contribution in [1.29, 1.82) is 0 Å². The van der Waals surface area contributed by atoms with Gasteiger partial charge in [-0.05, 0) is 34.1 Å².